The molecule has 38 heavy (non-hydrogen) atoms. The van der Waals surface area contributed by atoms with Gasteiger partial charge in [0.15, 0.2) is 28.9 Å². The average Bonchev–Trinajstić information content (AvgIpc) is 3.34. The Balaban J connectivity index is 1.43. The maximum atomic E-state index is 16.4. The van der Waals surface area contributed by atoms with Crippen LogP contribution in [0.2, 0.25) is 5.02 Å². The standard InChI is InChI=1S/C30H33ClF3N3O/c1-2-3-4-5-6-14-36-15-17-37(18-16-36)30(29-35-25-20-22(31)10-11-26(25)38-29)13-12-21(19-27(30)33)23-8-7-9-24(32)28(23)34/h7-13,19-20,27H,2-6,14-18H2,1H3. The molecule has 0 N–H and O–H groups in total. The summed E-state index contributed by atoms with van der Waals surface area (Å²) in [5.74, 6) is -1.74. The Bertz CT molecular complexity index is 1330. The average molecular weight is 544 g/mol. The summed E-state index contributed by atoms with van der Waals surface area (Å²) in [6.07, 6.45) is 9.23. The van der Waals surface area contributed by atoms with Crippen molar-refractivity contribution in [2.45, 2.75) is 50.7 Å². The minimum absolute atomic E-state index is 0.0229. The van der Waals surface area contributed by atoms with Crippen LogP contribution in [0.1, 0.15) is 50.5 Å². The summed E-state index contributed by atoms with van der Waals surface area (Å²) in [5, 5.41) is 0.513. The van der Waals surface area contributed by atoms with Gasteiger partial charge in [-0.2, -0.15) is 0 Å². The number of aromatic nitrogens is 1. The fourth-order valence-electron chi connectivity index (χ4n) is 5.51. The summed E-state index contributed by atoms with van der Waals surface area (Å²) in [7, 11) is 0. The number of benzene rings is 2. The zero-order chi connectivity index (χ0) is 26.7. The molecule has 0 amide bonds. The molecule has 0 spiro atoms. The third kappa shape index (κ3) is 5.29. The number of rotatable bonds is 9. The van der Waals surface area contributed by atoms with Gasteiger partial charge in [0.25, 0.3) is 0 Å². The van der Waals surface area contributed by atoms with Gasteiger partial charge in [-0.3, -0.25) is 4.90 Å². The van der Waals surface area contributed by atoms with Gasteiger partial charge in [-0.25, -0.2) is 18.2 Å². The number of alkyl halides is 1. The van der Waals surface area contributed by atoms with E-state index >= 15 is 4.39 Å². The number of halogens is 4. The molecular formula is C30H33ClF3N3O. The van der Waals surface area contributed by atoms with Crippen LogP contribution >= 0.6 is 11.6 Å². The first-order valence-electron chi connectivity index (χ1n) is 13.5. The van der Waals surface area contributed by atoms with Crippen molar-refractivity contribution in [1.82, 2.24) is 14.8 Å². The highest BCUT2D eigenvalue weighted by atomic mass is 35.5. The van der Waals surface area contributed by atoms with Crippen LogP contribution in [0.15, 0.2) is 59.0 Å². The molecular weight excluding hydrogens is 511 g/mol. The smallest absolute Gasteiger partial charge is 0.223 e. The first kappa shape index (κ1) is 27.0. The Kier molecular flexibility index (Phi) is 8.26. The molecule has 4 nitrogen and oxygen atoms in total. The van der Waals surface area contributed by atoms with Gasteiger partial charge in [0.1, 0.15) is 5.52 Å². The number of nitrogens with zero attached hydrogens (tertiary/aromatic N) is 3. The SMILES string of the molecule is CCCCCCCN1CCN(C2(c3nc4cc(Cl)ccc4o3)C=CC(c3cccc(F)c3F)=CC2F)CC1. The maximum Gasteiger partial charge on any atom is 0.223 e. The lowest BCUT2D eigenvalue weighted by atomic mass is 9.82. The van der Waals surface area contributed by atoms with E-state index in [2.05, 4.69) is 21.7 Å². The van der Waals surface area contributed by atoms with Crippen LogP contribution in [-0.4, -0.2) is 53.7 Å². The molecule has 2 aliphatic rings. The summed E-state index contributed by atoms with van der Waals surface area (Å²) in [5.41, 5.74) is 0.0568. The van der Waals surface area contributed by atoms with Crippen molar-refractivity contribution in [3.05, 3.63) is 82.7 Å². The molecule has 1 aliphatic heterocycles. The van der Waals surface area contributed by atoms with E-state index in [1.54, 1.807) is 30.4 Å². The molecule has 0 bridgehead atoms. The van der Waals surface area contributed by atoms with Crippen LogP contribution in [0, 0.1) is 11.6 Å². The second-order valence-corrected chi connectivity index (χ2v) is 10.6. The lowest BCUT2D eigenvalue weighted by molar-refractivity contribution is 0.00538. The van der Waals surface area contributed by atoms with Crippen molar-refractivity contribution in [1.29, 1.82) is 0 Å². The van der Waals surface area contributed by atoms with Crippen LogP contribution < -0.4 is 0 Å². The Labute approximate surface area is 226 Å². The number of hydrogen-bond acceptors (Lipinski definition) is 4. The fourth-order valence-corrected chi connectivity index (χ4v) is 5.68. The summed E-state index contributed by atoms with van der Waals surface area (Å²) in [6, 6.07) is 9.05. The van der Waals surface area contributed by atoms with E-state index in [4.69, 9.17) is 16.0 Å². The van der Waals surface area contributed by atoms with Crippen molar-refractivity contribution in [3.63, 3.8) is 0 Å². The summed E-state index contributed by atoms with van der Waals surface area (Å²) >= 11 is 6.16. The molecule has 202 valence electrons. The van der Waals surface area contributed by atoms with Crippen molar-refractivity contribution >= 4 is 28.3 Å². The van der Waals surface area contributed by atoms with Gasteiger partial charge in [-0.1, -0.05) is 68.5 Å². The van der Waals surface area contributed by atoms with E-state index in [9.17, 15) is 8.78 Å². The number of hydrogen-bond donors (Lipinski definition) is 0. The highest BCUT2D eigenvalue weighted by Crippen LogP contribution is 2.43. The monoisotopic (exact) mass is 543 g/mol. The summed E-state index contributed by atoms with van der Waals surface area (Å²) in [4.78, 5) is 9.14. The van der Waals surface area contributed by atoms with Crippen molar-refractivity contribution in [2.75, 3.05) is 32.7 Å². The van der Waals surface area contributed by atoms with Gasteiger partial charge in [0, 0.05) is 36.8 Å². The molecule has 2 heterocycles. The van der Waals surface area contributed by atoms with E-state index in [1.807, 2.05) is 0 Å². The van der Waals surface area contributed by atoms with Gasteiger partial charge in [0.05, 0.1) is 0 Å². The van der Waals surface area contributed by atoms with E-state index in [-0.39, 0.29) is 17.0 Å². The van der Waals surface area contributed by atoms with E-state index in [1.165, 1.54) is 43.9 Å². The number of piperazine rings is 1. The molecule has 1 aliphatic carbocycles. The minimum atomic E-state index is -1.60. The lowest BCUT2D eigenvalue weighted by Crippen LogP contribution is -2.58. The third-order valence-electron chi connectivity index (χ3n) is 7.69. The Morgan fingerprint density at radius 2 is 1.84 bits per heavy atom. The largest absolute Gasteiger partial charge is 0.438 e. The number of oxazole rings is 1. The number of unbranched alkanes of at least 4 members (excludes halogenated alkanes) is 4. The quantitative estimate of drug-likeness (QED) is 0.261. The van der Waals surface area contributed by atoms with Crippen LogP contribution in [0.4, 0.5) is 13.2 Å². The maximum absolute atomic E-state index is 16.4. The highest BCUT2D eigenvalue weighted by Gasteiger charge is 2.50. The van der Waals surface area contributed by atoms with E-state index in [0.29, 0.717) is 29.2 Å². The first-order chi connectivity index (χ1) is 18.4. The van der Waals surface area contributed by atoms with Gasteiger partial charge < -0.3 is 9.32 Å². The molecule has 2 atom stereocenters. The number of allylic oxidation sites excluding steroid dienone is 2. The van der Waals surface area contributed by atoms with Gasteiger partial charge in [-0.05, 0) is 48.9 Å². The van der Waals surface area contributed by atoms with Crippen LogP contribution in [0.25, 0.3) is 16.7 Å². The topological polar surface area (TPSA) is 32.5 Å². The van der Waals surface area contributed by atoms with Crippen LogP contribution in [0.3, 0.4) is 0 Å². The van der Waals surface area contributed by atoms with Gasteiger partial charge >= 0.3 is 0 Å². The predicted octanol–water partition coefficient (Wildman–Crippen LogP) is 7.53. The van der Waals surface area contributed by atoms with Crippen LogP contribution in [0.5, 0.6) is 0 Å². The van der Waals surface area contributed by atoms with Crippen molar-refractivity contribution in [2.24, 2.45) is 0 Å². The summed E-state index contributed by atoms with van der Waals surface area (Å²) < 4.78 is 51.0. The van der Waals surface area contributed by atoms with E-state index < -0.39 is 23.3 Å². The molecule has 1 fully saturated rings. The Morgan fingerprint density at radius 3 is 2.61 bits per heavy atom. The molecule has 2 unspecified atom stereocenters. The Morgan fingerprint density at radius 1 is 1.05 bits per heavy atom. The van der Waals surface area contributed by atoms with Gasteiger partial charge in [0.2, 0.25) is 5.89 Å². The molecule has 0 radical (unpaired) electrons. The molecule has 8 heteroatoms. The minimum Gasteiger partial charge on any atom is -0.438 e. The molecule has 2 aromatic carbocycles. The molecule has 3 aromatic rings. The Hall–Kier alpha value is -2.61. The van der Waals surface area contributed by atoms with Crippen molar-refractivity contribution in [3.8, 4) is 0 Å². The van der Waals surface area contributed by atoms with Gasteiger partial charge in [-0.15, -0.1) is 0 Å². The zero-order valence-corrected chi connectivity index (χ0v) is 22.4. The second kappa shape index (κ2) is 11.6. The zero-order valence-electron chi connectivity index (χ0n) is 21.6. The first-order valence-corrected chi connectivity index (χ1v) is 13.8. The fraction of sp³-hybridized carbons (Fsp3) is 0.433. The molecule has 1 saturated heterocycles. The predicted molar refractivity (Wildman–Crippen MR) is 146 cm³/mol. The normalized spacial score (nSPS) is 22.8. The molecule has 1 aromatic heterocycles. The lowest BCUT2D eigenvalue weighted by Gasteiger charge is -2.46. The van der Waals surface area contributed by atoms with Crippen molar-refractivity contribution < 1.29 is 17.6 Å². The van der Waals surface area contributed by atoms with E-state index in [0.717, 1.165) is 32.1 Å². The summed E-state index contributed by atoms with van der Waals surface area (Å²) in [6.45, 7) is 6.09. The molecule has 0 saturated carbocycles. The number of fused-ring (bicyclic) bond motifs is 1. The second-order valence-electron chi connectivity index (χ2n) is 10.2. The highest BCUT2D eigenvalue weighted by molar-refractivity contribution is 6.31. The third-order valence-corrected chi connectivity index (χ3v) is 7.93. The van der Waals surface area contributed by atoms with Crippen LogP contribution in [-0.2, 0) is 5.54 Å². The molecule has 5 rings (SSSR count).